The Balaban J connectivity index is 0.000000519. The molecule has 0 spiro atoms. The van der Waals surface area contributed by atoms with Crippen LogP contribution in [0.4, 0.5) is 0 Å². The van der Waals surface area contributed by atoms with Gasteiger partial charge in [0.2, 0.25) is 0 Å². The van der Waals surface area contributed by atoms with Gasteiger partial charge in [0.05, 0.1) is 42.7 Å². The van der Waals surface area contributed by atoms with E-state index in [1.165, 1.54) is 19.6 Å². The third-order valence-electron chi connectivity index (χ3n) is 4.07. The topological polar surface area (TPSA) is 203 Å². The SMILES string of the molecule is CCCC(=NC(C)(C)C[S+]1c2ccccc2Sc2ccccc21)OC.[O-][Cl+3]([O-])([O-])O.[O-][Cl+3]([O-])([O-])[O-]. The fourth-order valence-electron chi connectivity index (χ4n) is 3.01. The fourth-order valence-corrected chi connectivity index (χ4v) is 7.16. The maximum atomic E-state index is 8.60. The van der Waals surface area contributed by atoms with Crippen molar-refractivity contribution < 1.29 is 62.5 Å². The number of methoxy groups -OCH3 is 1. The van der Waals surface area contributed by atoms with Crippen molar-refractivity contribution in [2.75, 3.05) is 12.9 Å². The second-order valence-corrected chi connectivity index (χ2v) is 12.2. The van der Waals surface area contributed by atoms with Crippen molar-refractivity contribution in [1.82, 2.24) is 0 Å². The third-order valence-corrected chi connectivity index (χ3v) is 8.25. The van der Waals surface area contributed by atoms with Gasteiger partial charge in [0.15, 0.2) is 15.7 Å². The second-order valence-electron chi connectivity index (χ2n) is 7.58. The molecule has 0 saturated heterocycles. The lowest BCUT2D eigenvalue weighted by atomic mass is 10.1. The molecule has 0 radical (unpaired) electrons. The highest BCUT2D eigenvalue weighted by molar-refractivity contribution is 8.04. The quantitative estimate of drug-likeness (QED) is 0.218. The molecular weight excluding hydrogens is 545 g/mol. The summed E-state index contributed by atoms with van der Waals surface area (Å²) in [6.07, 6.45) is 1.95. The van der Waals surface area contributed by atoms with Crippen LogP contribution >= 0.6 is 11.8 Å². The summed E-state index contributed by atoms with van der Waals surface area (Å²) in [6.45, 7) is 6.61. The van der Waals surface area contributed by atoms with Crippen LogP contribution in [0.2, 0.25) is 0 Å². The molecule has 2 aromatic rings. The number of hydrogen-bond donors (Lipinski definition) is 1. The summed E-state index contributed by atoms with van der Waals surface area (Å²) in [5.74, 6) is 1.86. The van der Waals surface area contributed by atoms with Gasteiger partial charge in [0.25, 0.3) is 0 Å². The van der Waals surface area contributed by atoms with Gasteiger partial charge in [0.1, 0.15) is 11.3 Å². The molecule has 196 valence electrons. The van der Waals surface area contributed by atoms with Crippen molar-refractivity contribution in [3.63, 3.8) is 0 Å². The molecule has 1 aliphatic rings. The number of aliphatic imine (C=N–C) groups is 1. The van der Waals surface area contributed by atoms with Crippen LogP contribution in [0.25, 0.3) is 0 Å². The predicted octanol–water partition coefficient (Wildman–Crippen LogP) is -3.07. The molecule has 3 rings (SSSR count). The number of ether oxygens (including phenoxy) is 1. The number of rotatable bonds is 5. The van der Waals surface area contributed by atoms with Crippen LogP contribution in [-0.2, 0) is 15.6 Å². The summed E-state index contributed by atoms with van der Waals surface area (Å²) < 4.78 is 72.2. The predicted molar refractivity (Wildman–Crippen MR) is 111 cm³/mol. The van der Waals surface area contributed by atoms with Gasteiger partial charge in [-0.1, -0.05) is 43.0 Å². The zero-order chi connectivity index (χ0) is 26.9. The van der Waals surface area contributed by atoms with Gasteiger partial charge in [-0.05, 0) is 44.5 Å². The molecule has 14 heteroatoms. The lowest BCUT2D eigenvalue weighted by Crippen LogP contribution is -2.68. The maximum absolute atomic E-state index is 8.60. The molecule has 0 aromatic heterocycles. The molecule has 0 amide bonds. The Hall–Kier alpha value is -1.13. The van der Waals surface area contributed by atoms with E-state index in [0.717, 1.165) is 24.5 Å². The number of fused-ring (bicyclic) bond motifs is 2. The normalized spacial score (nSPS) is 14.0. The summed E-state index contributed by atoms with van der Waals surface area (Å²) >= 11 is 1.89. The highest BCUT2D eigenvalue weighted by atomic mass is 35.7. The minimum Gasteiger partial charge on any atom is -0.484 e. The van der Waals surface area contributed by atoms with Crippen molar-refractivity contribution in [2.24, 2.45) is 4.99 Å². The van der Waals surface area contributed by atoms with Gasteiger partial charge in [-0.3, -0.25) is 0 Å². The van der Waals surface area contributed by atoms with E-state index >= 15 is 0 Å². The van der Waals surface area contributed by atoms with Gasteiger partial charge in [-0.25, -0.2) is 23.6 Å². The third kappa shape index (κ3) is 13.7. The van der Waals surface area contributed by atoms with Crippen LogP contribution in [0.15, 0.2) is 73.1 Å². The lowest BCUT2D eigenvalue weighted by Gasteiger charge is -2.25. The number of benzene rings is 2. The Kier molecular flexibility index (Phi) is 12.7. The second kappa shape index (κ2) is 14.0. The Bertz CT molecular complexity index is 897. The smallest absolute Gasteiger partial charge is 0.183 e. The molecule has 1 heterocycles. The molecule has 0 fully saturated rings. The van der Waals surface area contributed by atoms with Crippen LogP contribution in [0, 0.1) is 20.5 Å². The molecule has 1 aliphatic heterocycles. The van der Waals surface area contributed by atoms with E-state index in [0.29, 0.717) is 0 Å². The Morgan fingerprint density at radius 2 is 1.34 bits per heavy atom. The van der Waals surface area contributed by atoms with Crippen LogP contribution in [0.1, 0.15) is 33.6 Å². The molecule has 35 heavy (non-hydrogen) atoms. The van der Waals surface area contributed by atoms with Crippen LogP contribution in [0.3, 0.4) is 0 Å². The summed E-state index contributed by atoms with van der Waals surface area (Å²) in [5.41, 5.74) is -0.161. The Morgan fingerprint density at radius 1 is 0.943 bits per heavy atom. The number of hydrogen-bond acceptors (Lipinski definition) is 11. The minimum atomic E-state index is -4.94. The first kappa shape index (κ1) is 31.9. The summed E-state index contributed by atoms with van der Waals surface area (Å²) in [7, 11) is -7.88. The van der Waals surface area contributed by atoms with Gasteiger partial charge in [-0.2, -0.15) is 14.0 Å². The zero-order valence-corrected chi connectivity index (χ0v) is 22.6. The Morgan fingerprint density at radius 3 is 1.71 bits per heavy atom. The first-order chi connectivity index (χ1) is 16.0. The molecule has 0 bridgehead atoms. The minimum absolute atomic E-state index is 0.0302. The molecule has 0 saturated carbocycles. The average Bonchev–Trinajstić information content (AvgIpc) is 2.70. The summed E-state index contributed by atoms with van der Waals surface area (Å²) in [5, 5.41) is 0. The highest BCUT2D eigenvalue weighted by Crippen LogP contribution is 2.46. The zero-order valence-electron chi connectivity index (χ0n) is 19.5. The average molecular weight is 572 g/mol. The van der Waals surface area contributed by atoms with E-state index in [1.807, 2.05) is 11.8 Å². The van der Waals surface area contributed by atoms with Crippen LogP contribution < -0.4 is 32.6 Å². The van der Waals surface area contributed by atoms with Crippen molar-refractivity contribution in [3.8, 4) is 0 Å². The van der Waals surface area contributed by atoms with Gasteiger partial charge in [-0.15, -0.1) is 10.2 Å². The first-order valence-corrected chi connectivity index (χ1v) is 14.7. The van der Waals surface area contributed by atoms with E-state index < -0.39 is 20.5 Å². The molecule has 0 aliphatic carbocycles. The van der Waals surface area contributed by atoms with Crippen molar-refractivity contribution in [1.29, 1.82) is 0 Å². The first-order valence-electron chi connectivity index (χ1n) is 9.98. The summed E-state index contributed by atoms with van der Waals surface area (Å²) in [4.78, 5) is 10.6. The van der Waals surface area contributed by atoms with E-state index in [1.54, 1.807) is 7.11 Å². The lowest BCUT2D eigenvalue weighted by molar-refractivity contribution is -2.00. The molecule has 1 N–H and O–H groups in total. The molecule has 0 unspecified atom stereocenters. The van der Waals surface area contributed by atoms with Gasteiger partial charge < -0.3 is 4.74 Å². The van der Waals surface area contributed by atoms with Crippen molar-refractivity contribution in [3.05, 3.63) is 48.5 Å². The molecular formula is C21H27Cl2NO9S2. The highest BCUT2D eigenvalue weighted by Gasteiger charge is 2.40. The van der Waals surface area contributed by atoms with E-state index in [2.05, 4.69) is 69.3 Å². The Labute approximate surface area is 215 Å². The van der Waals surface area contributed by atoms with Crippen molar-refractivity contribution >= 4 is 28.6 Å². The maximum Gasteiger partial charge on any atom is 0.183 e. The molecule has 10 nitrogen and oxygen atoms in total. The van der Waals surface area contributed by atoms with E-state index in [9.17, 15) is 0 Å². The van der Waals surface area contributed by atoms with Crippen LogP contribution in [-0.4, -0.2) is 29.0 Å². The van der Waals surface area contributed by atoms with E-state index in [-0.39, 0.29) is 16.4 Å². The number of halogens is 2. The largest absolute Gasteiger partial charge is 0.484 e. The summed E-state index contributed by atoms with van der Waals surface area (Å²) in [6, 6.07) is 17.6. The molecule has 0 atom stereocenters. The standard InChI is InChI=1S/C21H26NOS2.2ClHO4/c1-5-10-20(23-4)22-21(2,3)15-25-18-13-8-6-11-16(18)24-17-12-7-9-14-19(17)25;2*2-1(3,4)5/h6-9,11-14H,5,10,15H2,1-4H3;2*(H,2,3,4,5)/q+1;;/p-1. The molecule has 2 aromatic carbocycles. The van der Waals surface area contributed by atoms with Crippen LogP contribution in [0.5, 0.6) is 0 Å². The number of nitrogens with zero attached hydrogens (tertiary/aromatic N) is 1. The van der Waals surface area contributed by atoms with E-state index in [4.69, 9.17) is 47.0 Å². The van der Waals surface area contributed by atoms with Gasteiger partial charge in [0, 0.05) is 6.42 Å². The van der Waals surface area contributed by atoms with Gasteiger partial charge >= 0.3 is 0 Å². The fraction of sp³-hybridized carbons (Fsp3) is 0.381. The monoisotopic (exact) mass is 571 g/mol. The van der Waals surface area contributed by atoms with Crippen molar-refractivity contribution in [2.45, 2.75) is 58.7 Å².